The summed E-state index contributed by atoms with van der Waals surface area (Å²) in [6.45, 7) is 3.76. The van der Waals surface area contributed by atoms with E-state index >= 15 is 0 Å². The highest BCUT2D eigenvalue weighted by Gasteiger charge is 2.29. The summed E-state index contributed by atoms with van der Waals surface area (Å²) in [5, 5.41) is 7.09. The van der Waals surface area contributed by atoms with E-state index in [4.69, 9.17) is 0 Å². The van der Waals surface area contributed by atoms with Crippen LogP contribution in [0.4, 0.5) is 5.69 Å². The zero-order valence-electron chi connectivity index (χ0n) is 14.4. The first-order chi connectivity index (χ1) is 12.0. The fourth-order valence-corrected chi connectivity index (χ4v) is 2.46. The van der Waals surface area contributed by atoms with Crippen LogP contribution in [0.15, 0.2) is 53.6 Å². The number of hydrazone groups is 1. The Bertz CT molecular complexity index is 838. The molecule has 0 atom stereocenters. The van der Waals surface area contributed by atoms with E-state index < -0.39 is 0 Å². The maximum atomic E-state index is 12.2. The van der Waals surface area contributed by atoms with E-state index in [1.54, 1.807) is 6.07 Å². The summed E-state index contributed by atoms with van der Waals surface area (Å²) in [6.07, 6.45) is 1.94. The summed E-state index contributed by atoms with van der Waals surface area (Å²) >= 11 is 0. The quantitative estimate of drug-likeness (QED) is 0.648. The molecule has 1 saturated carbocycles. The molecule has 1 aliphatic carbocycles. The van der Waals surface area contributed by atoms with E-state index in [9.17, 15) is 9.59 Å². The van der Waals surface area contributed by atoms with Crippen LogP contribution in [0.25, 0.3) is 0 Å². The van der Waals surface area contributed by atoms with Crippen LogP contribution in [0.3, 0.4) is 0 Å². The minimum absolute atomic E-state index is 0.0690. The van der Waals surface area contributed by atoms with Crippen molar-refractivity contribution in [1.82, 2.24) is 5.43 Å². The Kier molecular flexibility index (Phi) is 4.93. The molecule has 1 aliphatic rings. The lowest BCUT2D eigenvalue weighted by Crippen LogP contribution is -2.19. The van der Waals surface area contributed by atoms with Crippen molar-refractivity contribution < 1.29 is 9.59 Å². The van der Waals surface area contributed by atoms with Gasteiger partial charge in [-0.15, -0.1) is 0 Å². The molecule has 0 bridgehead atoms. The van der Waals surface area contributed by atoms with Crippen LogP contribution in [-0.4, -0.2) is 17.5 Å². The van der Waals surface area contributed by atoms with Gasteiger partial charge in [-0.1, -0.05) is 29.8 Å². The Morgan fingerprint density at radius 1 is 1.04 bits per heavy atom. The predicted molar refractivity (Wildman–Crippen MR) is 98.7 cm³/mol. The highest BCUT2D eigenvalue weighted by atomic mass is 16.2. The van der Waals surface area contributed by atoms with Gasteiger partial charge in [0, 0.05) is 17.2 Å². The van der Waals surface area contributed by atoms with Gasteiger partial charge in [-0.05, 0) is 56.5 Å². The summed E-state index contributed by atoms with van der Waals surface area (Å²) in [6, 6.07) is 14.8. The summed E-state index contributed by atoms with van der Waals surface area (Å²) in [7, 11) is 0. The Balaban J connectivity index is 1.67. The van der Waals surface area contributed by atoms with E-state index in [2.05, 4.69) is 15.8 Å². The van der Waals surface area contributed by atoms with Crippen LogP contribution in [0.5, 0.6) is 0 Å². The number of anilines is 1. The molecule has 5 heteroatoms. The number of rotatable bonds is 5. The Hall–Kier alpha value is -2.95. The minimum Gasteiger partial charge on any atom is -0.326 e. The molecule has 0 heterocycles. The molecular formula is C20H21N3O2. The molecule has 2 aromatic carbocycles. The maximum Gasteiger partial charge on any atom is 0.271 e. The van der Waals surface area contributed by atoms with Gasteiger partial charge in [-0.3, -0.25) is 9.59 Å². The zero-order valence-corrected chi connectivity index (χ0v) is 14.4. The standard InChI is InChI=1S/C20H21N3O2/c1-13-5-3-7-17(11-13)20(25)23-22-14(2)16-6-4-8-18(12-16)21-19(24)15-9-10-15/h3-8,11-12,15H,9-10H2,1-2H3,(H,21,24)(H,23,25)/b22-14+. The lowest BCUT2D eigenvalue weighted by atomic mass is 10.1. The second kappa shape index (κ2) is 7.30. The average Bonchev–Trinajstić information content (AvgIpc) is 3.44. The van der Waals surface area contributed by atoms with E-state index in [1.807, 2.05) is 56.3 Å². The predicted octanol–water partition coefficient (Wildman–Crippen LogP) is 3.50. The average molecular weight is 335 g/mol. The number of nitrogens with zero attached hydrogens (tertiary/aromatic N) is 1. The SMILES string of the molecule is C/C(=N\NC(=O)c1cccc(C)c1)c1cccc(NC(=O)C2CC2)c1. The first-order valence-corrected chi connectivity index (χ1v) is 8.35. The molecule has 0 aliphatic heterocycles. The molecule has 0 radical (unpaired) electrons. The van der Waals surface area contributed by atoms with Crippen molar-refractivity contribution in [3.8, 4) is 0 Å². The first kappa shape index (κ1) is 16.9. The highest BCUT2D eigenvalue weighted by Crippen LogP contribution is 2.30. The summed E-state index contributed by atoms with van der Waals surface area (Å²) in [5.41, 5.74) is 6.43. The molecule has 2 aromatic rings. The topological polar surface area (TPSA) is 70.6 Å². The monoisotopic (exact) mass is 335 g/mol. The van der Waals surface area contributed by atoms with Crippen molar-refractivity contribution in [3.63, 3.8) is 0 Å². The van der Waals surface area contributed by atoms with Crippen LogP contribution in [-0.2, 0) is 4.79 Å². The van der Waals surface area contributed by atoms with Gasteiger partial charge in [0.2, 0.25) is 5.91 Å². The molecule has 2 N–H and O–H groups in total. The van der Waals surface area contributed by atoms with Crippen molar-refractivity contribution in [2.75, 3.05) is 5.32 Å². The molecule has 3 rings (SSSR count). The highest BCUT2D eigenvalue weighted by molar-refractivity contribution is 6.02. The van der Waals surface area contributed by atoms with E-state index in [1.165, 1.54) is 0 Å². The third-order valence-corrected chi connectivity index (χ3v) is 4.10. The Labute approximate surface area is 147 Å². The van der Waals surface area contributed by atoms with Gasteiger partial charge in [0.15, 0.2) is 0 Å². The lowest BCUT2D eigenvalue weighted by molar-refractivity contribution is -0.117. The van der Waals surface area contributed by atoms with Gasteiger partial charge in [0.25, 0.3) is 5.91 Å². The van der Waals surface area contributed by atoms with Crippen molar-refractivity contribution in [2.45, 2.75) is 26.7 Å². The van der Waals surface area contributed by atoms with Crippen molar-refractivity contribution in [1.29, 1.82) is 0 Å². The van der Waals surface area contributed by atoms with Crippen molar-refractivity contribution in [3.05, 3.63) is 65.2 Å². The molecule has 128 valence electrons. The van der Waals surface area contributed by atoms with E-state index in [0.717, 1.165) is 29.7 Å². The van der Waals surface area contributed by atoms with Gasteiger partial charge >= 0.3 is 0 Å². The molecule has 0 spiro atoms. The minimum atomic E-state index is -0.249. The molecule has 0 saturated heterocycles. The van der Waals surface area contributed by atoms with Gasteiger partial charge in [-0.2, -0.15) is 5.10 Å². The van der Waals surface area contributed by atoms with Gasteiger partial charge < -0.3 is 5.32 Å². The number of amides is 2. The smallest absolute Gasteiger partial charge is 0.271 e. The van der Waals surface area contributed by atoms with Gasteiger partial charge in [0.1, 0.15) is 0 Å². The molecule has 25 heavy (non-hydrogen) atoms. The van der Waals surface area contributed by atoms with Gasteiger partial charge in [-0.25, -0.2) is 5.43 Å². The summed E-state index contributed by atoms with van der Waals surface area (Å²) in [4.78, 5) is 24.0. The first-order valence-electron chi connectivity index (χ1n) is 8.35. The third-order valence-electron chi connectivity index (χ3n) is 4.10. The molecule has 1 fully saturated rings. The van der Waals surface area contributed by atoms with E-state index in [0.29, 0.717) is 11.3 Å². The largest absolute Gasteiger partial charge is 0.326 e. The van der Waals surface area contributed by atoms with Crippen LogP contribution in [0.1, 0.15) is 41.3 Å². The number of carbonyl (C=O) groups excluding carboxylic acids is 2. The maximum absolute atomic E-state index is 12.2. The molecule has 2 amide bonds. The van der Waals surface area contributed by atoms with Crippen molar-refractivity contribution in [2.24, 2.45) is 11.0 Å². The second-order valence-corrected chi connectivity index (χ2v) is 6.35. The second-order valence-electron chi connectivity index (χ2n) is 6.35. The van der Waals surface area contributed by atoms with Crippen LogP contribution in [0, 0.1) is 12.8 Å². The Morgan fingerprint density at radius 2 is 1.76 bits per heavy atom. The number of hydrogen-bond acceptors (Lipinski definition) is 3. The number of hydrogen-bond donors (Lipinski definition) is 2. The van der Waals surface area contributed by atoms with Crippen molar-refractivity contribution >= 4 is 23.2 Å². The summed E-state index contributed by atoms with van der Waals surface area (Å²) in [5.74, 6) is -0.0206. The van der Waals surface area contributed by atoms with Crippen LogP contribution < -0.4 is 10.7 Å². The van der Waals surface area contributed by atoms with Crippen LogP contribution >= 0.6 is 0 Å². The molecule has 0 unspecified atom stereocenters. The fraction of sp³-hybridized carbons (Fsp3) is 0.250. The molecule has 5 nitrogen and oxygen atoms in total. The normalized spacial score (nSPS) is 14.1. The molecule has 0 aromatic heterocycles. The lowest BCUT2D eigenvalue weighted by Gasteiger charge is -2.07. The number of nitrogens with one attached hydrogen (secondary N) is 2. The molecular weight excluding hydrogens is 314 g/mol. The third kappa shape index (κ3) is 4.53. The zero-order chi connectivity index (χ0) is 17.8. The fourth-order valence-electron chi connectivity index (χ4n) is 2.46. The number of aryl methyl sites for hydroxylation is 1. The number of carbonyl (C=O) groups is 2. The van der Waals surface area contributed by atoms with Crippen LogP contribution in [0.2, 0.25) is 0 Å². The number of benzene rings is 2. The summed E-state index contributed by atoms with van der Waals surface area (Å²) < 4.78 is 0. The Morgan fingerprint density at radius 3 is 2.48 bits per heavy atom. The van der Waals surface area contributed by atoms with E-state index in [-0.39, 0.29) is 17.7 Å². The van der Waals surface area contributed by atoms with Gasteiger partial charge in [0.05, 0.1) is 5.71 Å².